The molecule has 1 atom stereocenters. The minimum atomic E-state index is -3.15. The normalized spacial score (nSPS) is 18.4. The lowest BCUT2D eigenvalue weighted by atomic mass is 10.1. The van der Waals surface area contributed by atoms with Crippen LogP contribution >= 0.6 is 0 Å². The van der Waals surface area contributed by atoms with Gasteiger partial charge in [0.25, 0.3) is 0 Å². The molecule has 0 fully saturated rings. The summed E-state index contributed by atoms with van der Waals surface area (Å²) in [6.45, 7) is 0.314. The van der Waals surface area contributed by atoms with Crippen molar-refractivity contribution in [1.82, 2.24) is 29.5 Å². The molecule has 1 aliphatic rings. The third-order valence-corrected chi connectivity index (χ3v) is 5.45. The summed E-state index contributed by atoms with van der Waals surface area (Å²) in [7, 11) is -3.15. The van der Waals surface area contributed by atoms with E-state index in [1.165, 1.54) is 23.9 Å². The molecule has 0 saturated carbocycles. The first-order valence-corrected chi connectivity index (χ1v) is 9.64. The minimum Gasteiger partial charge on any atom is -0.245 e. The summed E-state index contributed by atoms with van der Waals surface area (Å²) in [6, 6.07) is 6.02. The van der Waals surface area contributed by atoms with E-state index in [1.54, 1.807) is 33.9 Å². The van der Waals surface area contributed by atoms with E-state index in [0.29, 0.717) is 30.3 Å². The second kappa shape index (κ2) is 6.45. The number of allylic oxidation sites excluding steroid dienone is 1. The van der Waals surface area contributed by atoms with Crippen LogP contribution in [0.5, 0.6) is 0 Å². The zero-order chi connectivity index (χ0) is 18.1. The van der Waals surface area contributed by atoms with Crippen LogP contribution < -0.4 is 0 Å². The maximum absolute atomic E-state index is 13.6. The smallest absolute Gasteiger partial charge is 0.172 e. The number of aromatic nitrogens is 6. The molecular weight excluding hydrogens is 359 g/mol. The van der Waals surface area contributed by atoms with Crippen LogP contribution in [0.15, 0.2) is 48.4 Å². The summed E-state index contributed by atoms with van der Waals surface area (Å²) < 4.78 is 40.1. The highest BCUT2D eigenvalue weighted by atomic mass is 32.2. The van der Waals surface area contributed by atoms with E-state index in [4.69, 9.17) is 0 Å². The predicted molar refractivity (Wildman–Crippen MR) is 90.6 cm³/mol. The SMILES string of the molecule is O=S1(=O)C=C[C@H](Cc2nc(Cn3cncn3)nn2-c2cccc(F)c2)C1. The number of nitrogens with zero attached hydrogens (tertiary/aromatic N) is 6. The number of hydrogen-bond acceptors (Lipinski definition) is 6. The van der Waals surface area contributed by atoms with E-state index in [0.717, 1.165) is 0 Å². The zero-order valence-corrected chi connectivity index (χ0v) is 14.4. The van der Waals surface area contributed by atoms with Crippen molar-refractivity contribution < 1.29 is 12.8 Å². The fourth-order valence-corrected chi connectivity index (χ4v) is 4.27. The van der Waals surface area contributed by atoms with Gasteiger partial charge in [0, 0.05) is 11.8 Å². The standard InChI is InChI=1S/C16H15FN6O2S/c17-13-2-1-3-14(7-13)23-16(6-12-4-5-26(24,25)9-12)20-15(21-23)8-22-11-18-10-19-22/h1-5,7,10-12H,6,8-9H2/t12-/m1/s1. The van der Waals surface area contributed by atoms with Gasteiger partial charge in [0.1, 0.15) is 30.8 Å². The monoisotopic (exact) mass is 374 g/mol. The van der Waals surface area contributed by atoms with E-state index < -0.39 is 9.84 Å². The Hall–Kier alpha value is -2.88. The minimum absolute atomic E-state index is 0.0431. The molecule has 2 aromatic heterocycles. The Balaban J connectivity index is 1.68. The number of rotatable bonds is 5. The summed E-state index contributed by atoms with van der Waals surface area (Å²) >= 11 is 0. The molecule has 0 radical (unpaired) electrons. The number of hydrogen-bond donors (Lipinski definition) is 0. The largest absolute Gasteiger partial charge is 0.245 e. The van der Waals surface area contributed by atoms with E-state index in [2.05, 4.69) is 20.2 Å². The van der Waals surface area contributed by atoms with Gasteiger partial charge in [0.2, 0.25) is 0 Å². The van der Waals surface area contributed by atoms with Gasteiger partial charge < -0.3 is 0 Å². The Morgan fingerprint density at radius 1 is 1.31 bits per heavy atom. The average Bonchev–Trinajstić information content (AvgIpc) is 3.30. The summed E-state index contributed by atoms with van der Waals surface area (Å²) in [5.74, 6) is 0.527. The number of halogens is 1. The zero-order valence-electron chi connectivity index (χ0n) is 13.6. The Kier molecular flexibility index (Phi) is 4.11. The Morgan fingerprint density at radius 2 is 2.19 bits per heavy atom. The first kappa shape index (κ1) is 16.6. The molecule has 0 N–H and O–H groups in total. The van der Waals surface area contributed by atoms with Crippen LogP contribution in [0.4, 0.5) is 4.39 Å². The van der Waals surface area contributed by atoms with Gasteiger partial charge in [-0.25, -0.2) is 32.1 Å². The van der Waals surface area contributed by atoms with Crippen molar-refractivity contribution in [3.63, 3.8) is 0 Å². The van der Waals surface area contributed by atoms with Gasteiger partial charge >= 0.3 is 0 Å². The molecule has 8 nitrogen and oxygen atoms in total. The maximum Gasteiger partial charge on any atom is 0.172 e. The average molecular weight is 374 g/mol. The summed E-state index contributed by atoms with van der Waals surface area (Å²) in [5, 5.41) is 9.71. The van der Waals surface area contributed by atoms with Crippen LogP contribution in [0.3, 0.4) is 0 Å². The van der Waals surface area contributed by atoms with Gasteiger partial charge in [-0.3, -0.25) is 0 Å². The van der Waals surface area contributed by atoms with Crippen molar-refractivity contribution in [1.29, 1.82) is 0 Å². The van der Waals surface area contributed by atoms with Gasteiger partial charge in [-0.05, 0) is 24.1 Å². The van der Waals surface area contributed by atoms with E-state index in [1.807, 2.05) is 0 Å². The molecule has 0 aliphatic carbocycles. The van der Waals surface area contributed by atoms with Crippen molar-refractivity contribution in [3.8, 4) is 5.69 Å². The van der Waals surface area contributed by atoms with Gasteiger partial charge in [0.05, 0.1) is 11.4 Å². The van der Waals surface area contributed by atoms with Crippen molar-refractivity contribution in [2.45, 2.75) is 13.0 Å². The van der Waals surface area contributed by atoms with Crippen molar-refractivity contribution in [2.75, 3.05) is 5.75 Å². The molecule has 0 unspecified atom stereocenters. The van der Waals surface area contributed by atoms with Crippen molar-refractivity contribution >= 4 is 9.84 Å². The Morgan fingerprint density at radius 3 is 2.88 bits per heavy atom. The summed E-state index contributed by atoms with van der Waals surface area (Å²) in [6.07, 6.45) is 5.02. The molecule has 134 valence electrons. The molecule has 1 aliphatic heterocycles. The topological polar surface area (TPSA) is 95.6 Å². The molecule has 0 bridgehead atoms. The van der Waals surface area contributed by atoms with Gasteiger partial charge in [-0.2, -0.15) is 5.10 Å². The lowest BCUT2D eigenvalue weighted by molar-refractivity contribution is 0.593. The molecule has 3 aromatic rings. The molecule has 3 heterocycles. The van der Waals surface area contributed by atoms with Gasteiger partial charge in [-0.1, -0.05) is 12.1 Å². The second-order valence-corrected chi connectivity index (χ2v) is 7.98. The molecule has 4 rings (SSSR count). The van der Waals surface area contributed by atoms with Crippen LogP contribution in [0.1, 0.15) is 11.6 Å². The third-order valence-electron chi connectivity index (χ3n) is 3.99. The lowest BCUT2D eigenvalue weighted by Gasteiger charge is -2.08. The maximum atomic E-state index is 13.6. The summed E-state index contributed by atoms with van der Waals surface area (Å²) in [5.41, 5.74) is 0.530. The number of sulfone groups is 1. The van der Waals surface area contributed by atoms with Gasteiger partial charge in [-0.15, -0.1) is 5.10 Å². The first-order valence-electron chi connectivity index (χ1n) is 7.93. The second-order valence-electron chi connectivity index (χ2n) is 6.05. The molecule has 0 amide bonds. The van der Waals surface area contributed by atoms with Crippen LogP contribution in [0.2, 0.25) is 0 Å². The highest BCUT2D eigenvalue weighted by Gasteiger charge is 2.24. The van der Waals surface area contributed by atoms with E-state index in [9.17, 15) is 12.8 Å². The van der Waals surface area contributed by atoms with Crippen LogP contribution in [0, 0.1) is 11.7 Å². The molecule has 0 spiro atoms. The number of benzene rings is 1. The first-order chi connectivity index (χ1) is 12.5. The molecular formula is C16H15FN6O2S. The van der Waals surface area contributed by atoms with E-state index >= 15 is 0 Å². The van der Waals surface area contributed by atoms with Crippen molar-refractivity contribution in [2.24, 2.45) is 5.92 Å². The van der Waals surface area contributed by atoms with E-state index in [-0.39, 0.29) is 17.5 Å². The van der Waals surface area contributed by atoms with Crippen LogP contribution in [-0.4, -0.2) is 43.7 Å². The third kappa shape index (κ3) is 3.54. The Labute approximate surface area is 148 Å². The predicted octanol–water partition coefficient (Wildman–Crippen LogP) is 1.15. The fourth-order valence-electron chi connectivity index (χ4n) is 2.87. The molecule has 0 saturated heterocycles. The Bertz CT molecular complexity index is 1060. The quantitative estimate of drug-likeness (QED) is 0.665. The summed E-state index contributed by atoms with van der Waals surface area (Å²) in [4.78, 5) is 8.40. The van der Waals surface area contributed by atoms with Gasteiger partial charge in [0.15, 0.2) is 15.7 Å². The lowest BCUT2D eigenvalue weighted by Crippen LogP contribution is -2.12. The molecule has 26 heavy (non-hydrogen) atoms. The fraction of sp³-hybridized carbons (Fsp3) is 0.250. The van der Waals surface area contributed by atoms with Crippen molar-refractivity contribution in [3.05, 3.63) is 65.9 Å². The van der Waals surface area contributed by atoms with Crippen LogP contribution in [-0.2, 0) is 22.8 Å². The highest BCUT2D eigenvalue weighted by Crippen LogP contribution is 2.21. The molecule has 10 heteroatoms. The highest BCUT2D eigenvalue weighted by molar-refractivity contribution is 7.94. The van der Waals surface area contributed by atoms with Crippen LogP contribution in [0.25, 0.3) is 5.69 Å². The molecule has 1 aromatic carbocycles.